The van der Waals surface area contributed by atoms with E-state index in [1.807, 2.05) is 12.1 Å². The molecular formula is C21H31N5O. The summed E-state index contributed by atoms with van der Waals surface area (Å²) < 4.78 is 5.61. The van der Waals surface area contributed by atoms with Crippen LogP contribution in [-0.2, 0) is 6.54 Å². The average Bonchev–Trinajstić information content (AvgIpc) is 3.00. The molecule has 1 fully saturated rings. The first-order valence-corrected chi connectivity index (χ1v) is 9.93. The molecule has 0 aliphatic carbocycles. The Bertz CT molecular complexity index is 714. The Hall–Kier alpha value is -2.34. The molecule has 0 saturated carbocycles. The highest BCUT2D eigenvalue weighted by molar-refractivity contribution is 5.79. The van der Waals surface area contributed by atoms with Crippen LogP contribution in [0.5, 0.6) is 0 Å². The van der Waals surface area contributed by atoms with E-state index in [9.17, 15) is 0 Å². The van der Waals surface area contributed by atoms with E-state index in [0.29, 0.717) is 12.4 Å². The van der Waals surface area contributed by atoms with E-state index in [1.54, 1.807) is 13.3 Å². The monoisotopic (exact) mass is 369 g/mol. The number of rotatable bonds is 6. The minimum Gasteiger partial charge on any atom is -0.444 e. The van der Waals surface area contributed by atoms with E-state index in [2.05, 4.69) is 44.6 Å². The van der Waals surface area contributed by atoms with E-state index in [4.69, 9.17) is 4.42 Å². The standard InChI is InChI=1S/C21H31N5O/c1-17-7-9-18(10-8-17)20-25-19(16-27-20)15-24-21(22-2)23-11-14-26-12-5-3-4-6-13-26/h7-10,16H,3-6,11-15H2,1-2H3,(H2,22,23,24). The quantitative estimate of drug-likeness (QED) is 0.605. The largest absolute Gasteiger partial charge is 0.444 e. The van der Waals surface area contributed by atoms with Gasteiger partial charge >= 0.3 is 0 Å². The molecule has 1 aromatic heterocycles. The highest BCUT2D eigenvalue weighted by Gasteiger charge is 2.10. The molecular weight excluding hydrogens is 338 g/mol. The average molecular weight is 370 g/mol. The Kier molecular flexibility index (Phi) is 7.27. The van der Waals surface area contributed by atoms with Gasteiger partial charge in [-0.3, -0.25) is 4.99 Å². The number of oxazole rings is 1. The van der Waals surface area contributed by atoms with Crippen LogP contribution in [0.3, 0.4) is 0 Å². The Labute approximate surface area is 162 Å². The summed E-state index contributed by atoms with van der Waals surface area (Å²) in [5.41, 5.74) is 3.08. The zero-order valence-corrected chi connectivity index (χ0v) is 16.5. The molecule has 1 saturated heterocycles. The number of aliphatic imine (C=N–C) groups is 1. The molecule has 1 aliphatic heterocycles. The van der Waals surface area contributed by atoms with Gasteiger partial charge in [0.05, 0.1) is 12.2 Å². The number of aryl methyl sites for hydroxylation is 1. The van der Waals surface area contributed by atoms with Gasteiger partial charge in [0.2, 0.25) is 5.89 Å². The van der Waals surface area contributed by atoms with Crippen molar-refractivity contribution in [3.63, 3.8) is 0 Å². The number of hydrogen-bond acceptors (Lipinski definition) is 4. The second-order valence-electron chi connectivity index (χ2n) is 7.12. The van der Waals surface area contributed by atoms with Gasteiger partial charge in [-0.25, -0.2) is 4.98 Å². The van der Waals surface area contributed by atoms with Gasteiger partial charge in [0, 0.05) is 25.7 Å². The van der Waals surface area contributed by atoms with Crippen molar-refractivity contribution in [2.45, 2.75) is 39.2 Å². The van der Waals surface area contributed by atoms with Crippen molar-refractivity contribution in [1.29, 1.82) is 0 Å². The fourth-order valence-electron chi connectivity index (χ4n) is 3.30. The maximum absolute atomic E-state index is 5.61. The first kappa shape index (κ1) is 19.4. The molecule has 0 atom stereocenters. The Morgan fingerprint density at radius 1 is 1.11 bits per heavy atom. The normalized spacial score (nSPS) is 16.1. The van der Waals surface area contributed by atoms with Crippen LogP contribution < -0.4 is 10.6 Å². The predicted molar refractivity (Wildman–Crippen MR) is 110 cm³/mol. The summed E-state index contributed by atoms with van der Waals surface area (Å²) in [5.74, 6) is 1.45. The van der Waals surface area contributed by atoms with Crippen molar-refractivity contribution in [2.24, 2.45) is 4.99 Å². The minimum atomic E-state index is 0.582. The summed E-state index contributed by atoms with van der Waals surface area (Å²) in [6, 6.07) is 8.18. The van der Waals surface area contributed by atoms with E-state index in [0.717, 1.165) is 30.3 Å². The maximum atomic E-state index is 5.61. The molecule has 2 aromatic rings. The van der Waals surface area contributed by atoms with Crippen molar-refractivity contribution < 1.29 is 4.42 Å². The van der Waals surface area contributed by atoms with Crippen LogP contribution in [0, 0.1) is 6.92 Å². The second-order valence-corrected chi connectivity index (χ2v) is 7.12. The van der Waals surface area contributed by atoms with Crippen molar-refractivity contribution in [1.82, 2.24) is 20.5 Å². The third-order valence-electron chi connectivity index (χ3n) is 4.93. The molecule has 6 nitrogen and oxygen atoms in total. The van der Waals surface area contributed by atoms with Gasteiger partial charge in [-0.15, -0.1) is 0 Å². The highest BCUT2D eigenvalue weighted by atomic mass is 16.3. The van der Waals surface area contributed by atoms with Crippen LogP contribution >= 0.6 is 0 Å². The van der Waals surface area contributed by atoms with Gasteiger partial charge in [-0.2, -0.15) is 0 Å². The van der Waals surface area contributed by atoms with E-state index >= 15 is 0 Å². The van der Waals surface area contributed by atoms with Crippen molar-refractivity contribution in [3.8, 4) is 11.5 Å². The van der Waals surface area contributed by atoms with Crippen LogP contribution in [0.4, 0.5) is 0 Å². The number of benzene rings is 1. The molecule has 2 N–H and O–H groups in total. The maximum Gasteiger partial charge on any atom is 0.226 e. The van der Waals surface area contributed by atoms with Gasteiger partial charge in [-0.1, -0.05) is 30.5 Å². The number of guanidine groups is 1. The SMILES string of the molecule is CN=C(NCCN1CCCCCC1)NCc1coc(-c2ccc(C)cc2)n1. The third-order valence-corrected chi connectivity index (χ3v) is 4.93. The smallest absolute Gasteiger partial charge is 0.226 e. The molecule has 1 aliphatic rings. The van der Waals surface area contributed by atoms with Gasteiger partial charge in [-0.05, 0) is 45.0 Å². The van der Waals surface area contributed by atoms with E-state index in [1.165, 1.54) is 44.3 Å². The molecule has 0 spiro atoms. The second kappa shape index (κ2) is 10.1. The first-order chi connectivity index (χ1) is 13.2. The number of nitrogens with one attached hydrogen (secondary N) is 2. The van der Waals surface area contributed by atoms with Crippen LogP contribution in [0.15, 0.2) is 39.9 Å². The van der Waals surface area contributed by atoms with Gasteiger partial charge in [0.25, 0.3) is 0 Å². The number of aromatic nitrogens is 1. The zero-order valence-electron chi connectivity index (χ0n) is 16.5. The number of likely N-dealkylation sites (tertiary alicyclic amines) is 1. The molecule has 1 aromatic carbocycles. The topological polar surface area (TPSA) is 65.7 Å². The van der Waals surface area contributed by atoms with E-state index in [-0.39, 0.29) is 0 Å². The molecule has 0 radical (unpaired) electrons. The van der Waals surface area contributed by atoms with E-state index < -0.39 is 0 Å². The van der Waals surface area contributed by atoms with Crippen LogP contribution in [0.2, 0.25) is 0 Å². The Balaban J connectivity index is 1.43. The molecule has 146 valence electrons. The molecule has 0 unspecified atom stereocenters. The summed E-state index contributed by atoms with van der Waals surface area (Å²) in [5, 5.41) is 6.70. The summed E-state index contributed by atoms with van der Waals surface area (Å²) in [6.45, 7) is 7.04. The fraction of sp³-hybridized carbons (Fsp3) is 0.524. The number of nitrogens with zero attached hydrogens (tertiary/aromatic N) is 3. The van der Waals surface area contributed by atoms with Crippen molar-refractivity contribution >= 4 is 5.96 Å². The summed E-state index contributed by atoms with van der Waals surface area (Å²) in [4.78, 5) is 11.4. The molecule has 3 rings (SSSR count). The molecule has 0 bridgehead atoms. The van der Waals surface area contributed by atoms with Gasteiger partial charge in [0.1, 0.15) is 6.26 Å². The first-order valence-electron chi connectivity index (χ1n) is 9.93. The van der Waals surface area contributed by atoms with Crippen molar-refractivity contribution in [3.05, 3.63) is 41.8 Å². The molecule has 6 heteroatoms. The third kappa shape index (κ3) is 6.10. The fourth-order valence-corrected chi connectivity index (χ4v) is 3.30. The molecule has 2 heterocycles. The summed E-state index contributed by atoms with van der Waals surface area (Å²) in [7, 11) is 1.79. The van der Waals surface area contributed by atoms with Gasteiger partial charge < -0.3 is 20.0 Å². The minimum absolute atomic E-state index is 0.582. The van der Waals surface area contributed by atoms with Gasteiger partial charge in [0.15, 0.2) is 5.96 Å². The van der Waals surface area contributed by atoms with Crippen LogP contribution in [-0.4, -0.2) is 49.1 Å². The summed E-state index contributed by atoms with van der Waals surface area (Å²) in [6.07, 6.45) is 7.09. The van der Waals surface area contributed by atoms with Crippen LogP contribution in [0.1, 0.15) is 36.9 Å². The van der Waals surface area contributed by atoms with Crippen molar-refractivity contribution in [2.75, 3.05) is 33.2 Å². The number of hydrogen-bond donors (Lipinski definition) is 2. The highest BCUT2D eigenvalue weighted by Crippen LogP contribution is 2.19. The predicted octanol–water partition coefficient (Wildman–Crippen LogP) is 3.19. The zero-order chi connectivity index (χ0) is 18.9. The molecule has 27 heavy (non-hydrogen) atoms. The van der Waals surface area contributed by atoms with Crippen LogP contribution in [0.25, 0.3) is 11.5 Å². The lowest BCUT2D eigenvalue weighted by atomic mass is 10.1. The summed E-state index contributed by atoms with van der Waals surface area (Å²) >= 11 is 0. The molecule has 0 amide bonds. The lowest BCUT2D eigenvalue weighted by Gasteiger charge is -2.20. The Morgan fingerprint density at radius 3 is 2.56 bits per heavy atom. The lowest BCUT2D eigenvalue weighted by Crippen LogP contribution is -2.41. The Morgan fingerprint density at radius 2 is 1.85 bits per heavy atom. The lowest BCUT2D eigenvalue weighted by molar-refractivity contribution is 0.289.